The predicted octanol–water partition coefficient (Wildman–Crippen LogP) is 3.01. The van der Waals surface area contributed by atoms with Crippen LogP contribution in [-0.4, -0.2) is 38.1 Å². The summed E-state index contributed by atoms with van der Waals surface area (Å²) in [4.78, 5) is 27.7. The number of aliphatic carboxylic acids is 1. The van der Waals surface area contributed by atoms with Gasteiger partial charge in [0.25, 0.3) is 0 Å². The van der Waals surface area contributed by atoms with E-state index >= 15 is 0 Å². The van der Waals surface area contributed by atoms with Crippen molar-refractivity contribution < 1.29 is 14.6 Å². The fraction of sp³-hybridized carbons (Fsp3) is 0.211. The molecule has 138 valence electrons. The maximum atomic E-state index is 10.8. The molecule has 2 heterocycles. The lowest BCUT2D eigenvalue weighted by atomic mass is 10.1. The molecule has 2 N–H and O–H groups in total. The quantitative estimate of drug-likeness (QED) is 0.657. The highest BCUT2D eigenvalue weighted by Gasteiger charge is 2.08. The van der Waals surface area contributed by atoms with Crippen molar-refractivity contribution >= 4 is 17.6 Å². The van der Waals surface area contributed by atoms with Crippen molar-refractivity contribution in [2.24, 2.45) is 0 Å². The second kappa shape index (κ2) is 8.22. The number of hydrogen-bond acceptors (Lipinski definition) is 7. The zero-order valence-corrected chi connectivity index (χ0v) is 15.0. The van der Waals surface area contributed by atoms with E-state index in [0.29, 0.717) is 23.9 Å². The average molecular weight is 365 g/mol. The first-order valence-electron chi connectivity index (χ1n) is 8.32. The van der Waals surface area contributed by atoms with Crippen molar-refractivity contribution in [1.82, 2.24) is 19.9 Å². The van der Waals surface area contributed by atoms with E-state index in [9.17, 15) is 4.79 Å². The number of carboxylic acids is 1. The van der Waals surface area contributed by atoms with E-state index in [1.807, 2.05) is 31.2 Å². The molecule has 1 aromatic carbocycles. The van der Waals surface area contributed by atoms with Gasteiger partial charge in [0.1, 0.15) is 6.33 Å². The summed E-state index contributed by atoms with van der Waals surface area (Å²) in [6.07, 6.45) is 3.46. The molecule has 0 fully saturated rings. The molecular weight excluding hydrogens is 346 g/mol. The Hall–Kier alpha value is -3.55. The molecule has 3 rings (SSSR count). The number of aromatic nitrogens is 4. The van der Waals surface area contributed by atoms with Gasteiger partial charge in [-0.25, -0.2) is 15.0 Å². The van der Waals surface area contributed by atoms with E-state index in [4.69, 9.17) is 9.84 Å². The van der Waals surface area contributed by atoms with Crippen LogP contribution in [0, 0.1) is 6.92 Å². The number of anilines is 2. The largest absolute Gasteiger partial charge is 0.481 e. The van der Waals surface area contributed by atoms with Crippen LogP contribution in [0.25, 0.3) is 11.3 Å². The van der Waals surface area contributed by atoms with Gasteiger partial charge in [0.05, 0.1) is 19.2 Å². The molecule has 27 heavy (non-hydrogen) atoms. The molecule has 8 nitrogen and oxygen atoms in total. The Kier molecular flexibility index (Phi) is 5.55. The smallest absolute Gasteiger partial charge is 0.303 e. The highest BCUT2D eigenvalue weighted by molar-refractivity contribution is 5.69. The summed E-state index contributed by atoms with van der Waals surface area (Å²) < 4.78 is 5.11. The maximum Gasteiger partial charge on any atom is 0.303 e. The fourth-order valence-electron chi connectivity index (χ4n) is 2.58. The fourth-order valence-corrected chi connectivity index (χ4v) is 2.58. The van der Waals surface area contributed by atoms with Crippen molar-refractivity contribution in [3.63, 3.8) is 0 Å². The minimum Gasteiger partial charge on any atom is -0.481 e. The Morgan fingerprint density at radius 1 is 1.19 bits per heavy atom. The Morgan fingerprint density at radius 3 is 2.81 bits per heavy atom. The summed E-state index contributed by atoms with van der Waals surface area (Å²) in [6.45, 7) is 1.98. The van der Waals surface area contributed by atoms with E-state index in [2.05, 4.69) is 25.3 Å². The first-order chi connectivity index (χ1) is 13.0. The number of aryl methyl sites for hydroxylation is 2. The van der Waals surface area contributed by atoms with Gasteiger partial charge in [-0.1, -0.05) is 0 Å². The summed E-state index contributed by atoms with van der Waals surface area (Å²) in [5.74, 6) is 0.0467. The van der Waals surface area contributed by atoms with Crippen LogP contribution in [0.15, 0.2) is 42.9 Å². The van der Waals surface area contributed by atoms with Crippen molar-refractivity contribution in [2.75, 3.05) is 12.4 Å². The van der Waals surface area contributed by atoms with Crippen LogP contribution >= 0.6 is 0 Å². The van der Waals surface area contributed by atoms with Crippen LogP contribution in [0.1, 0.15) is 17.7 Å². The predicted molar refractivity (Wildman–Crippen MR) is 100 cm³/mol. The molecule has 8 heteroatoms. The van der Waals surface area contributed by atoms with Gasteiger partial charge >= 0.3 is 5.97 Å². The normalized spacial score (nSPS) is 10.4. The van der Waals surface area contributed by atoms with Crippen molar-refractivity contribution in [3.05, 3.63) is 54.1 Å². The lowest BCUT2D eigenvalue weighted by Gasteiger charge is -2.10. The number of nitrogens with one attached hydrogen (secondary N) is 1. The second-order valence-electron chi connectivity index (χ2n) is 5.92. The third kappa shape index (κ3) is 4.97. The molecule has 0 spiro atoms. The van der Waals surface area contributed by atoms with Crippen molar-refractivity contribution in [1.29, 1.82) is 0 Å². The zero-order valence-electron chi connectivity index (χ0n) is 15.0. The molecule has 0 saturated carbocycles. The first-order valence-corrected chi connectivity index (χ1v) is 8.32. The van der Waals surface area contributed by atoms with E-state index in [0.717, 1.165) is 22.5 Å². The SMILES string of the molecule is COc1ccnc(Nc2cc(C)cc(-c3cc(CCC(=O)O)ncn3)c2)n1. The van der Waals surface area contributed by atoms with Gasteiger partial charge in [0, 0.05) is 35.6 Å². The molecule has 3 aromatic rings. The van der Waals surface area contributed by atoms with Gasteiger partial charge in [-0.15, -0.1) is 0 Å². The summed E-state index contributed by atoms with van der Waals surface area (Å²) >= 11 is 0. The lowest BCUT2D eigenvalue weighted by molar-refractivity contribution is -0.136. The number of hydrogen-bond donors (Lipinski definition) is 2. The molecule has 0 aliphatic carbocycles. The van der Waals surface area contributed by atoms with E-state index in [1.54, 1.807) is 19.4 Å². The lowest BCUT2D eigenvalue weighted by Crippen LogP contribution is -2.01. The monoisotopic (exact) mass is 365 g/mol. The third-order valence-electron chi connectivity index (χ3n) is 3.79. The van der Waals surface area contributed by atoms with Gasteiger partial charge in [-0.2, -0.15) is 4.98 Å². The third-order valence-corrected chi connectivity index (χ3v) is 3.79. The van der Waals surface area contributed by atoms with E-state index in [1.165, 1.54) is 6.33 Å². The van der Waals surface area contributed by atoms with Crippen molar-refractivity contribution in [2.45, 2.75) is 19.8 Å². The Bertz CT molecular complexity index is 962. The minimum absolute atomic E-state index is 0.0320. The van der Waals surface area contributed by atoms with Gasteiger partial charge in [0.2, 0.25) is 11.8 Å². The summed E-state index contributed by atoms with van der Waals surface area (Å²) in [6, 6.07) is 9.38. The van der Waals surface area contributed by atoms with Gasteiger partial charge in [0.15, 0.2) is 0 Å². The molecule has 0 radical (unpaired) electrons. The van der Waals surface area contributed by atoms with E-state index < -0.39 is 5.97 Å². The van der Waals surface area contributed by atoms with E-state index in [-0.39, 0.29) is 6.42 Å². The van der Waals surface area contributed by atoms with Gasteiger partial charge in [-0.05, 0) is 36.8 Å². The molecule has 0 atom stereocenters. The molecule has 0 amide bonds. The molecule has 0 aliphatic heterocycles. The number of rotatable bonds is 7. The maximum absolute atomic E-state index is 10.8. The number of carbonyl (C=O) groups is 1. The van der Waals surface area contributed by atoms with Crippen LogP contribution in [0.2, 0.25) is 0 Å². The Balaban J connectivity index is 1.86. The number of methoxy groups -OCH3 is 1. The van der Waals surface area contributed by atoms with Crippen LogP contribution in [-0.2, 0) is 11.2 Å². The minimum atomic E-state index is -0.851. The zero-order chi connectivity index (χ0) is 19.2. The average Bonchev–Trinajstić information content (AvgIpc) is 2.66. The number of ether oxygens (including phenoxy) is 1. The Labute approximate surface area is 156 Å². The second-order valence-corrected chi connectivity index (χ2v) is 5.92. The summed E-state index contributed by atoms with van der Waals surface area (Å²) in [5.41, 5.74) is 4.14. The first kappa shape index (κ1) is 18.2. The number of carboxylic acid groups (broad SMARTS) is 1. The summed E-state index contributed by atoms with van der Waals surface area (Å²) in [7, 11) is 1.55. The van der Waals surface area contributed by atoms with Crippen LogP contribution < -0.4 is 10.1 Å². The highest BCUT2D eigenvalue weighted by Crippen LogP contribution is 2.25. The topological polar surface area (TPSA) is 110 Å². The molecule has 0 aliphatic rings. The molecular formula is C19H19N5O3. The highest BCUT2D eigenvalue weighted by atomic mass is 16.5. The number of benzene rings is 1. The van der Waals surface area contributed by atoms with Crippen LogP contribution in [0.3, 0.4) is 0 Å². The molecule has 0 bridgehead atoms. The molecule has 2 aromatic heterocycles. The standard InChI is InChI=1S/C19H19N5O3/c1-12-7-13(16-10-14(21-11-22-16)3-4-18(25)26)9-15(8-12)23-19-20-6-5-17(24-19)27-2/h5-11H,3-4H2,1-2H3,(H,25,26)(H,20,23,24). The van der Waals surface area contributed by atoms with Crippen LogP contribution in [0.4, 0.5) is 11.6 Å². The molecule has 0 unspecified atom stereocenters. The molecule has 0 saturated heterocycles. The van der Waals surface area contributed by atoms with Crippen molar-refractivity contribution in [3.8, 4) is 17.1 Å². The number of nitrogens with zero attached hydrogens (tertiary/aromatic N) is 4. The van der Waals surface area contributed by atoms with Gasteiger partial charge < -0.3 is 15.2 Å². The summed E-state index contributed by atoms with van der Waals surface area (Å²) in [5, 5.41) is 12.0. The van der Waals surface area contributed by atoms with Gasteiger partial charge in [-0.3, -0.25) is 4.79 Å². The van der Waals surface area contributed by atoms with Crippen LogP contribution in [0.5, 0.6) is 5.88 Å². The Morgan fingerprint density at radius 2 is 2.04 bits per heavy atom.